The first-order chi connectivity index (χ1) is 14.4. The molecule has 172 valence electrons. The van der Waals surface area contributed by atoms with Crippen LogP contribution in [0.25, 0.3) is 0 Å². The van der Waals surface area contributed by atoms with Crippen molar-refractivity contribution in [2.75, 3.05) is 32.8 Å². The molecule has 0 bridgehead atoms. The first-order valence-electron chi connectivity index (χ1n) is 10.6. The molecular formula is C25H38N2O2S2. The summed E-state index contributed by atoms with van der Waals surface area (Å²) in [6, 6.07) is 15.0. The highest BCUT2D eigenvalue weighted by Crippen LogP contribution is 2.22. The van der Waals surface area contributed by atoms with Gasteiger partial charge in [-0.2, -0.15) is 0 Å². The Morgan fingerprint density at radius 1 is 1.16 bits per heavy atom. The van der Waals surface area contributed by atoms with Gasteiger partial charge in [-0.05, 0) is 48.4 Å². The number of aryl methyl sites for hydroxylation is 1. The summed E-state index contributed by atoms with van der Waals surface area (Å²) >= 11 is 1.80. The number of benzene rings is 2. The van der Waals surface area contributed by atoms with E-state index in [-0.39, 0.29) is 5.48 Å². The largest absolute Gasteiger partial charge is 0.412 e. The second-order valence-electron chi connectivity index (χ2n) is 7.55. The van der Waals surface area contributed by atoms with Gasteiger partial charge in [0, 0.05) is 59.6 Å². The van der Waals surface area contributed by atoms with Crippen LogP contribution in [-0.4, -0.2) is 52.3 Å². The van der Waals surface area contributed by atoms with Crippen molar-refractivity contribution in [1.29, 1.82) is 0 Å². The van der Waals surface area contributed by atoms with Gasteiger partial charge in [0.05, 0.1) is 6.67 Å². The predicted octanol–water partition coefficient (Wildman–Crippen LogP) is 4.63. The van der Waals surface area contributed by atoms with Crippen LogP contribution in [0.4, 0.5) is 0 Å². The van der Waals surface area contributed by atoms with Crippen molar-refractivity contribution >= 4 is 22.6 Å². The third kappa shape index (κ3) is 8.45. The lowest BCUT2D eigenvalue weighted by Gasteiger charge is -2.32. The molecule has 0 aliphatic carbocycles. The summed E-state index contributed by atoms with van der Waals surface area (Å²) in [5, 5.41) is 0. The van der Waals surface area contributed by atoms with Crippen molar-refractivity contribution in [1.82, 2.24) is 9.80 Å². The van der Waals surface area contributed by atoms with Crippen LogP contribution in [-0.2, 0) is 30.2 Å². The lowest BCUT2D eigenvalue weighted by atomic mass is 9.98. The van der Waals surface area contributed by atoms with Crippen molar-refractivity contribution < 1.29 is 9.69 Å². The molecule has 0 spiro atoms. The minimum Gasteiger partial charge on any atom is -0.412 e. The third-order valence-corrected chi connectivity index (χ3v) is 6.85. The van der Waals surface area contributed by atoms with Gasteiger partial charge >= 0.3 is 0 Å². The highest BCUT2D eigenvalue weighted by molar-refractivity contribution is 8.02. The Labute approximate surface area is 195 Å². The number of allylic oxidation sites excluding steroid dienone is 1. The van der Waals surface area contributed by atoms with Gasteiger partial charge in [-0.15, -0.1) is 11.8 Å². The van der Waals surface area contributed by atoms with Gasteiger partial charge in [-0.25, -0.2) is 0 Å². The summed E-state index contributed by atoms with van der Waals surface area (Å²) in [4.78, 5) is 7.03. The Balaban J connectivity index is 0.00000156. The van der Waals surface area contributed by atoms with Crippen LogP contribution in [0.3, 0.4) is 0 Å². The molecule has 1 atom stereocenters. The molecule has 31 heavy (non-hydrogen) atoms. The van der Waals surface area contributed by atoms with E-state index in [2.05, 4.69) is 66.6 Å². The van der Waals surface area contributed by atoms with Crippen molar-refractivity contribution in [3.05, 3.63) is 75.8 Å². The van der Waals surface area contributed by atoms with E-state index in [1.54, 1.807) is 18.0 Å². The van der Waals surface area contributed by atoms with E-state index in [0.29, 0.717) is 0 Å². The fourth-order valence-corrected chi connectivity index (χ4v) is 4.75. The Morgan fingerprint density at radius 3 is 2.45 bits per heavy atom. The lowest BCUT2D eigenvalue weighted by molar-refractivity contribution is 0.175. The highest BCUT2D eigenvalue weighted by atomic mass is 32.2. The fourth-order valence-electron chi connectivity index (χ4n) is 3.64. The van der Waals surface area contributed by atoms with Crippen LogP contribution in [0.5, 0.6) is 0 Å². The molecule has 6 heteroatoms. The maximum atomic E-state index is 11.5. The minimum absolute atomic E-state index is 0. The Hall–Kier alpha value is -1.60. The molecule has 4 nitrogen and oxygen atoms in total. The monoisotopic (exact) mass is 462 g/mol. The summed E-state index contributed by atoms with van der Waals surface area (Å²) in [6.07, 6.45) is 8.16. The maximum Gasteiger partial charge on any atom is 0.0701 e. The molecular weight excluding hydrogens is 424 g/mol. The van der Waals surface area contributed by atoms with Crippen LogP contribution in [0.2, 0.25) is 0 Å². The second kappa shape index (κ2) is 13.7. The summed E-state index contributed by atoms with van der Waals surface area (Å²) in [7, 11) is 1.24. The van der Waals surface area contributed by atoms with Gasteiger partial charge in [-0.1, -0.05) is 49.7 Å². The second-order valence-corrected chi connectivity index (χ2v) is 9.86. The average molecular weight is 463 g/mol. The standard InChI is InChI=1S/C23H30N2OS2.C2H6.H2O/c1-18-5-8-20-11-12-25(15-21(20)13-18)17-24(2)16-22(27-3)14-19-6-9-23(10-7-19)28(4)26;1-2;/h5-10,13,16H,11-12,14-15,17H2,1-4H3;1-2H3;1H2/b22-16-;;. The van der Waals surface area contributed by atoms with Gasteiger partial charge in [0.25, 0.3) is 0 Å². The quantitative estimate of drug-likeness (QED) is 0.602. The van der Waals surface area contributed by atoms with Crippen LogP contribution in [0.15, 0.2) is 58.5 Å². The van der Waals surface area contributed by atoms with Crippen molar-refractivity contribution in [2.45, 2.75) is 45.1 Å². The number of rotatable bonds is 7. The molecule has 1 unspecified atom stereocenters. The topological polar surface area (TPSA) is 55.0 Å². The normalized spacial score (nSPS) is 14.6. The SMILES string of the molecule is CC.CS/C(=C\N(C)CN1CCc2ccc(C)cc2C1)Cc1ccc(S(C)=O)cc1.O. The van der Waals surface area contributed by atoms with Crippen LogP contribution < -0.4 is 0 Å². The zero-order valence-electron chi connectivity index (χ0n) is 19.8. The van der Waals surface area contributed by atoms with Gasteiger partial charge in [-0.3, -0.25) is 9.11 Å². The predicted molar refractivity (Wildman–Crippen MR) is 137 cm³/mol. The van der Waals surface area contributed by atoms with Gasteiger partial charge in [0.1, 0.15) is 0 Å². The molecule has 0 amide bonds. The number of thioether (sulfide) groups is 1. The summed E-state index contributed by atoms with van der Waals surface area (Å²) in [5.74, 6) is 0. The average Bonchev–Trinajstić information content (AvgIpc) is 2.74. The van der Waals surface area contributed by atoms with E-state index in [9.17, 15) is 4.21 Å². The lowest BCUT2D eigenvalue weighted by Crippen LogP contribution is -2.37. The zero-order valence-corrected chi connectivity index (χ0v) is 21.4. The minimum atomic E-state index is -0.916. The van der Waals surface area contributed by atoms with Gasteiger partial charge in [0.15, 0.2) is 0 Å². The Bertz CT molecular complexity index is 866. The smallest absolute Gasteiger partial charge is 0.0701 e. The number of nitrogens with zero attached hydrogens (tertiary/aromatic N) is 2. The fraction of sp³-hybridized carbons (Fsp3) is 0.440. The first kappa shape index (κ1) is 27.4. The van der Waals surface area contributed by atoms with Crippen LogP contribution in [0.1, 0.15) is 36.1 Å². The zero-order chi connectivity index (χ0) is 22.1. The molecule has 2 N–H and O–H groups in total. The number of fused-ring (bicyclic) bond motifs is 1. The Morgan fingerprint density at radius 2 is 1.84 bits per heavy atom. The van der Waals surface area contributed by atoms with E-state index in [0.717, 1.165) is 37.5 Å². The highest BCUT2D eigenvalue weighted by Gasteiger charge is 2.16. The van der Waals surface area contributed by atoms with E-state index < -0.39 is 10.8 Å². The molecule has 0 saturated heterocycles. The molecule has 3 rings (SSSR count). The van der Waals surface area contributed by atoms with Crippen LogP contribution in [0, 0.1) is 6.92 Å². The van der Waals surface area contributed by atoms with Gasteiger partial charge in [0.2, 0.25) is 0 Å². The molecule has 0 saturated carbocycles. The van der Waals surface area contributed by atoms with E-state index >= 15 is 0 Å². The molecule has 0 aromatic heterocycles. The molecule has 2 aromatic carbocycles. The van der Waals surface area contributed by atoms with E-state index in [1.165, 1.54) is 27.2 Å². The van der Waals surface area contributed by atoms with Gasteiger partial charge < -0.3 is 10.4 Å². The number of hydrogen-bond acceptors (Lipinski definition) is 4. The summed E-state index contributed by atoms with van der Waals surface area (Å²) < 4.78 is 11.5. The molecule has 1 heterocycles. The van der Waals surface area contributed by atoms with Crippen molar-refractivity contribution in [2.24, 2.45) is 0 Å². The van der Waals surface area contributed by atoms with E-state index in [1.807, 2.05) is 26.0 Å². The molecule has 1 aliphatic heterocycles. The maximum absolute atomic E-state index is 11.5. The summed E-state index contributed by atoms with van der Waals surface area (Å²) in [6.45, 7) is 9.24. The molecule has 0 radical (unpaired) electrons. The summed E-state index contributed by atoms with van der Waals surface area (Å²) in [5.41, 5.74) is 5.57. The Kier molecular flexibility index (Phi) is 12.2. The number of hydrogen-bond donors (Lipinski definition) is 0. The van der Waals surface area contributed by atoms with Crippen molar-refractivity contribution in [3.8, 4) is 0 Å². The molecule has 1 aliphatic rings. The molecule has 0 fully saturated rings. The van der Waals surface area contributed by atoms with Crippen molar-refractivity contribution in [3.63, 3.8) is 0 Å². The van der Waals surface area contributed by atoms with Crippen LogP contribution >= 0.6 is 11.8 Å². The first-order valence-corrected chi connectivity index (χ1v) is 13.4. The third-order valence-electron chi connectivity index (χ3n) is 5.14. The molecule has 2 aromatic rings. The van der Waals surface area contributed by atoms with E-state index in [4.69, 9.17) is 0 Å².